The Hall–Kier alpha value is -1.94. The van der Waals surface area contributed by atoms with Gasteiger partial charge in [0, 0.05) is 19.3 Å². The van der Waals surface area contributed by atoms with Crippen LogP contribution in [0, 0.1) is 0 Å². The van der Waals surface area contributed by atoms with Gasteiger partial charge < -0.3 is 9.47 Å². The first-order valence-electron chi connectivity index (χ1n) is 6.96. The maximum absolute atomic E-state index is 12.3. The molecule has 1 amide bonds. The molecule has 7 nitrogen and oxygen atoms in total. The molecular weight excluding hydrogens is 352 g/mol. The molecule has 2 N–H and O–H groups in total. The molecule has 1 aromatic heterocycles. The molecule has 0 radical (unpaired) electrons. The molecule has 2 rings (SSSR count). The summed E-state index contributed by atoms with van der Waals surface area (Å²) >= 11 is 1.52. The third-order valence-corrected chi connectivity index (χ3v) is 5.40. The van der Waals surface area contributed by atoms with Crippen molar-refractivity contribution in [2.75, 3.05) is 26.1 Å². The predicted molar refractivity (Wildman–Crippen MR) is 91.7 cm³/mol. The van der Waals surface area contributed by atoms with Gasteiger partial charge in [-0.15, -0.1) is 0 Å². The minimum absolute atomic E-state index is 0.0955. The van der Waals surface area contributed by atoms with Crippen LogP contribution in [0.5, 0.6) is 0 Å². The van der Waals surface area contributed by atoms with Crippen LogP contribution in [0.2, 0.25) is 0 Å². The van der Waals surface area contributed by atoms with Crippen LogP contribution in [0.15, 0.2) is 46.0 Å². The van der Waals surface area contributed by atoms with Crippen LogP contribution in [-0.2, 0) is 19.5 Å². The van der Waals surface area contributed by atoms with E-state index in [1.807, 2.05) is 16.8 Å². The third-order valence-electron chi connectivity index (χ3n) is 3.25. The lowest BCUT2D eigenvalue weighted by Gasteiger charge is -2.15. The maximum Gasteiger partial charge on any atom is 0.411 e. The van der Waals surface area contributed by atoms with Crippen molar-refractivity contribution in [3.8, 4) is 0 Å². The average molecular weight is 370 g/mol. The lowest BCUT2D eigenvalue weighted by Crippen LogP contribution is -2.29. The number of benzene rings is 1. The molecule has 0 saturated carbocycles. The number of thiophene rings is 1. The number of carbonyl (C=O) groups excluding carboxylic acids is 1. The Bertz CT molecular complexity index is 758. The van der Waals surface area contributed by atoms with Gasteiger partial charge in [0.25, 0.3) is 0 Å². The topological polar surface area (TPSA) is 93.7 Å². The molecule has 1 atom stereocenters. The van der Waals surface area contributed by atoms with E-state index in [1.54, 1.807) is 0 Å². The summed E-state index contributed by atoms with van der Waals surface area (Å²) in [5, 5.41) is 6.27. The molecule has 130 valence electrons. The van der Waals surface area contributed by atoms with Gasteiger partial charge in [0.1, 0.15) is 0 Å². The molecule has 0 aliphatic rings. The van der Waals surface area contributed by atoms with Gasteiger partial charge in [-0.25, -0.2) is 17.9 Å². The number of carbonyl (C=O) groups is 1. The van der Waals surface area contributed by atoms with Crippen molar-refractivity contribution in [2.24, 2.45) is 0 Å². The standard InChI is InChI=1S/C15H18N2O5S2/c1-21-14(11-7-8-23-10-11)9-16-24(19,20)13-5-3-12(4-6-13)17-15(18)22-2/h3-8,10,14,16H,9H2,1-2H3,(H,17,18)/t14-/m0/s1. The molecule has 0 saturated heterocycles. The van der Waals surface area contributed by atoms with Gasteiger partial charge in [-0.2, -0.15) is 11.3 Å². The van der Waals surface area contributed by atoms with Crippen LogP contribution < -0.4 is 10.0 Å². The van der Waals surface area contributed by atoms with Crippen LogP contribution >= 0.6 is 11.3 Å². The van der Waals surface area contributed by atoms with Crippen molar-refractivity contribution < 1.29 is 22.7 Å². The van der Waals surface area contributed by atoms with E-state index >= 15 is 0 Å². The van der Waals surface area contributed by atoms with Gasteiger partial charge >= 0.3 is 6.09 Å². The molecule has 0 fully saturated rings. The molecular formula is C15H18N2O5S2. The quantitative estimate of drug-likeness (QED) is 0.781. The van der Waals surface area contributed by atoms with Gasteiger partial charge in [0.2, 0.25) is 10.0 Å². The lowest BCUT2D eigenvalue weighted by atomic mass is 10.2. The Balaban J connectivity index is 2.03. The van der Waals surface area contributed by atoms with Crippen LogP contribution in [0.4, 0.5) is 10.5 Å². The number of rotatable bonds is 7. The van der Waals surface area contributed by atoms with Gasteiger partial charge in [-0.1, -0.05) is 0 Å². The molecule has 0 aliphatic heterocycles. The smallest absolute Gasteiger partial charge is 0.411 e. The van der Waals surface area contributed by atoms with E-state index in [0.717, 1.165) is 5.56 Å². The molecule has 0 bridgehead atoms. The predicted octanol–water partition coefficient (Wildman–Crippen LogP) is 2.59. The Morgan fingerprint density at radius 3 is 2.46 bits per heavy atom. The summed E-state index contributed by atoms with van der Waals surface area (Å²) < 4.78 is 37.0. The zero-order chi connectivity index (χ0) is 17.6. The number of ether oxygens (including phenoxy) is 2. The van der Waals surface area contributed by atoms with Crippen molar-refractivity contribution in [2.45, 2.75) is 11.0 Å². The number of hydrogen-bond acceptors (Lipinski definition) is 6. The zero-order valence-corrected chi connectivity index (χ0v) is 14.8. The van der Waals surface area contributed by atoms with E-state index in [1.165, 1.54) is 49.8 Å². The highest BCUT2D eigenvalue weighted by Crippen LogP contribution is 2.20. The van der Waals surface area contributed by atoms with Gasteiger partial charge in [0.05, 0.1) is 18.1 Å². The summed E-state index contributed by atoms with van der Waals surface area (Å²) in [6.45, 7) is 0.123. The summed E-state index contributed by atoms with van der Waals surface area (Å²) in [4.78, 5) is 11.2. The molecule has 9 heteroatoms. The first-order chi connectivity index (χ1) is 11.5. The van der Waals surface area contributed by atoms with E-state index in [-0.39, 0.29) is 17.5 Å². The molecule has 24 heavy (non-hydrogen) atoms. The fourth-order valence-corrected chi connectivity index (χ4v) is 3.68. The molecule has 0 aliphatic carbocycles. The van der Waals surface area contributed by atoms with E-state index in [4.69, 9.17) is 4.74 Å². The summed E-state index contributed by atoms with van der Waals surface area (Å²) in [6, 6.07) is 7.66. The molecule has 2 aromatic rings. The highest BCUT2D eigenvalue weighted by atomic mass is 32.2. The van der Waals surface area contributed by atoms with Crippen LogP contribution in [-0.4, -0.2) is 35.3 Å². The van der Waals surface area contributed by atoms with Crippen LogP contribution in [0.1, 0.15) is 11.7 Å². The number of anilines is 1. The van der Waals surface area contributed by atoms with Crippen molar-refractivity contribution in [1.29, 1.82) is 0 Å². The second-order valence-corrected chi connectivity index (χ2v) is 7.32. The van der Waals surface area contributed by atoms with E-state index in [0.29, 0.717) is 5.69 Å². The molecule has 1 heterocycles. The Labute approximate surface area is 144 Å². The Morgan fingerprint density at radius 2 is 1.92 bits per heavy atom. The normalized spacial score (nSPS) is 12.6. The number of amides is 1. The fourth-order valence-electron chi connectivity index (χ4n) is 1.95. The first-order valence-corrected chi connectivity index (χ1v) is 9.38. The van der Waals surface area contributed by atoms with Crippen molar-refractivity contribution in [3.05, 3.63) is 46.7 Å². The van der Waals surface area contributed by atoms with E-state index in [2.05, 4.69) is 14.8 Å². The number of methoxy groups -OCH3 is 2. The highest BCUT2D eigenvalue weighted by molar-refractivity contribution is 7.89. The van der Waals surface area contributed by atoms with Crippen molar-refractivity contribution in [3.63, 3.8) is 0 Å². The second kappa shape index (κ2) is 8.25. The van der Waals surface area contributed by atoms with Crippen LogP contribution in [0.25, 0.3) is 0 Å². The van der Waals surface area contributed by atoms with Crippen LogP contribution in [0.3, 0.4) is 0 Å². The summed E-state index contributed by atoms with van der Waals surface area (Å²) in [5.74, 6) is 0. The first kappa shape index (κ1) is 18.4. The minimum Gasteiger partial charge on any atom is -0.453 e. The number of hydrogen-bond donors (Lipinski definition) is 2. The third kappa shape index (κ3) is 4.78. The summed E-state index contributed by atoms with van der Waals surface area (Å²) in [7, 11) is -0.898. The van der Waals surface area contributed by atoms with Gasteiger partial charge in [-0.05, 0) is 46.7 Å². The SMILES string of the molecule is COC(=O)Nc1ccc(S(=O)(=O)NC[C@H](OC)c2ccsc2)cc1. The van der Waals surface area contributed by atoms with Gasteiger partial charge in [-0.3, -0.25) is 5.32 Å². The largest absolute Gasteiger partial charge is 0.453 e. The minimum atomic E-state index is -3.68. The summed E-state index contributed by atoms with van der Waals surface area (Å²) in [6.07, 6.45) is -0.978. The number of nitrogens with one attached hydrogen (secondary N) is 2. The molecule has 0 spiro atoms. The monoisotopic (exact) mass is 370 g/mol. The Kier molecular flexibility index (Phi) is 6.32. The number of sulfonamides is 1. The lowest BCUT2D eigenvalue weighted by molar-refractivity contribution is 0.107. The summed E-state index contributed by atoms with van der Waals surface area (Å²) in [5.41, 5.74) is 1.36. The fraction of sp³-hybridized carbons (Fsp3) is 0.267. The van der Waals surface area contributed by atoms with Gasteiger partial charge in [0.15, 0.2) is 0 Å². The second-order valence-electron chi connectivity index (χ2n) is 4.77. The van der Waals surface area contributed by atoms with Crippen molar-refractivity contribution in [1.82, 2.24) is 4.72 Å². The molecule has 0 unspecified atom stereocenters. The Morgan fingerprint density at radius 1 is 1.21 bits per heavy atom. The average Bonchev–Trinajstić information content (AvgIpc) is 3.10. The highest BCUT2D eigenvalue weighted by Gasteiger charge is 2.18. The zero-order valence-electron chi connectivity index (χ0n) is 13.2. The van der Waals surface area contributed by atoms with E-state index < -0.39 is 16.1 Å². The van der Waals surface area contributed by atoms with Crippen molar-refractivity contribution >= 4 is 33.1 Å². The molecule has 1 aromatic carbocycles. The maximum atomic E-state index is 12.3. The van der Waals surface area contributed by atoms with E-state index in [9.17, 15) is 13.2 Å².